The highest BCUT2D eigenvalue weighted by Gasteiger charge is 2.21. The highest BCUT2D eigenvalue weighted by Crippen LogP contribution is 2.38. The number of aromatic amines is 4. The molecule has 0 saturated carbocycles. The molecule has 0 spiro atoms. The third-order valence-corrected chi connectivity index (χ3v) is 21.8. The molecule has 6 N–H and O–H groups in total. The van der Waals surface area contributed by atoms with E-state index in [0.717, 1.165) is 158 Å². The largest absolute Gasteiger partial charge is 0.394 e. The van der Waals surface area contributed by atoms with Crippen LogP contribution in [-0.2, 0) is 79.1 Å². The Labute approximate surface area is 719 Å². The van der Waals surface area contributed by atoms with Crippen LogP contribution in [0.1, 0.15) is 131 Å². The highest BCUT2D eigenvalue weighted by molar-refractivity contribution is 5.97. The van der Waals surface area contributed by atoms with Gasteiger partial charge in [-0.05, 0) is 226 Å². The van der Waals surface area contributed by atoms with Gasteiger partial charge in [0.1, 0.15) is 0 Å². The summed E-state index contributed by atoms with van der Waals surface area (Å²) in [4.78, 5) is 50.1. The number of aliphatic hydroxyl groups is 1. The molecule has 4 aliphatic rings. The maximum Gasteiger partial charge on any atom is 0.251 e. The number of hydrogen-bond acceptors (Lipinski definition) is 15. The minimum absolute atomic E-state index is 0.00716. The highest BCUT2D eigenvalue weighted by atomic mass is 16.6. The summed E-state index contributed by atoms with van der Waals surface area (Å²) in [5.41, 5.74) is 30.5. The molecular weight excluding hydrogens is 1540 g/mol. The number of nitrogens with zero attached hydrogens (tertiary/aromatic N) is 4. The van der Waals surface area contributed by atoms with E-state index in [1.165, 1.54) is 22.3 Å². The van der Waals surface area contributed by atoms with E-state index in [2.05, 4.69) is 291 Å². The van der Waals surface area contributed by atoms with Crippen molar-refractivity contribution in [3.63, 3.8) is 0 Å². The molecule has 20 nitrogen and oxygen atoms in total. The van der Waals surface area contributed by atoms with Crippen molar-refractivity contribution in [1.82, 2.24) is 45.2 Å². The molecule has 20 heteroatoms. The van der Waals surface area contributed by atoms with E-state index in [4.69, 9.17) is 67.7 Å². The topological polar surface area (TPSA) is 247 Å². The molecule has 634 valence electrons. The van der Waals surface area contributed by atoms with Crippen molar-refractivity contribution >= 4 is 98.6 Å². The molecule has 16 bridgehead atoms. The number of hydrogen-bond donors (Lipinski definition) is 6. The van der Waals surface area contributed by atoms with Gasteiger partial charge in [0.15, 0.2) is 0 Å². The number of nitrogens with one attached hydrogen (secondary N) is 5. The van der Waals surface area contributed by atoms with Crippen LogP contribution in [0.2, 0.25) is 0 Å². The number of ether oxygens (including phenoxy) is 9. The van der Waals surface area contributed by atoms with Crippen LogP contribution >= 0.6 is 0 Å². The Kier molecular flexibility index (Phi) is 29.4. The van der Waals surface area contributed by atoms with Crippen LogP contribution in [0, 0.1) is 0 Å². The number of carbonyl (C=O) groups excluding carboxylic acids is 1. The molecule has 0 fully saturated rings. The van der Waals surface area contributed by atoms with E-state index in [-0.39, 0.29) is 23.3 Å². The van der Waals surface area contributed by atoms with Gasteiger partial charge < -0.3 is 73.0 Å². The fourth-order valence-electron chi connectivity index (χ4n) is 15.3. The van der Waals surface area contributed by atoms with Gasteiger partial charge in [-0.1, -0.05) is 145 Å². The van der Waals surface area contributed by atoms with E-state index in [0.29, 0.717) is 144 Å². The third-order valence-electron chi connectivity index (χ3n) is 21.8. The normalized spacial score (nSPS) is 12.5. The fraction of sp³-hybridized carbons (Fsp3) is 0.311. The lowest BCUT2D eigenvalue weighted by Gasteiger charge is -2.19. The number of carbonyl (C=O) groups is 1. The summed E-state index contributed by atoms with van der Waals surface area (Å²) in [7, 11) is 0. The number of aromatic nitrogens is 8. The summed E-state index contributed by atoms with van der Waals surface area (Å²) in [6.45, 7) is 21.6. The summed E-state index contributed by atoms with van der Waals surface area (Å²) < 4.78 is 50.2. The zero-order valence-electron chi connectivity index (χ0n) is 71.3. The molecular formula is C103H111N9O11. The van der Waals surface area contributed by atoms with Gasteiger partial charge in [-0.3, -0.25) is 4.79 Å². The minimum atomic E-state index is -0.157. The molecule has 6 aromatic heterocycles. The quantitative estimate of drug-likeness (QED) is 0.0196. The van der Waals surface area contributed by atoms with Crippen LogP contribution in [0.3, 0.4) is 0 Å². The first-order valence-corrected chi connectivity index (χ1v) is 42.9. The van der Waals surface area contributed by atoms with Crippen molar-refractivity contribution in [1.29, 1.82) is 0 Å². The van der Waals surface area contributed by atoms with Gasteiger partial charge in [-0.15, -0.1) is 0 Å². The van der Waals surface area contributed by atoms with E-state index in [1.54, 1.807) is 0 Å². The smallest absolute Gasteiger partial charge is 0.251 e. The zero-order chi connectivity index (χ0) is 84.8. The van der Waals surface area contributed by atoms with Crippen molar-refractivity contribution in [3.05, 3.63) is 273 Å². The summed E-state index contributed by atoms with van der Waals surface area (Å²) in [6.07, 6.45) is 19.7. The minimum Gasteiger partial charge on any atom is -0.394 e. The van der Waals surface area contributed by atoms with Crippen molar-refractivity contribution in [2.75, 3.05) is 132 Å². The SMILES string of the molecule is CC(C)(C)c1ccc(-c2c3nc(cc4ccc([nH]4)c(-c4ccc(CCc5cc(CCc6ccc(-c7c8nc(cc9ccc([nH]9)c(-c9ccc(C(C)(C)C)cc9)c9nc(cc%10ccc7[nH]%10)C=C9)C=C8)cc6)cc(C(=O)NCCOCCOCCOCCOCCOCCOCCOCCOCCOCCO)c5)cc4)c4nc(cc5ccc2[nH]5)C=C4)C=C3)cc1. The van der Waals surface area contributed by atoms with E-state index >= 15 is 0 Å². The second-order valence-corrected chi connectivity index (χ2v) is 33.0. The average Bonchev–Trinajstić information content (AvgIpc) is 1.67. The van der Waals surface area contributed by atoms with Crippen LogP contribution in [-0.4, -0.2) is 183 Å². The van der Waals surface area contributed by atoms with Gasteiger partial charge in [0.05, 0.1) is 171 Å². The molecule has 0 radical (unpaired) electrons. The predicted octanol–water partition coefficient (Wildman–Crippen LogP) is 19.3. The first-order valence-electron chi connectivity index (χ1n) is 42.9. The molecule has 0 saturated heterocycles. The van der Waals surface area contributed by atoms with Crippen LogP contribution in [0.5, 0.6) is 0 Å². The van der Waals surface area contributed by atoms with Gasteiger partial charge >= 0.3 is 0 Å². The van der Waals surface area contributed by atoms with Crippen LogP contribution in [0.25, 0.3) is 137 Å². The van der Waals surface area contributed by atoms with Gasteiger partial charge in [-0.2, -0.15) is 0 Å². The monoisotopic (exact) mass is 1650 g/mol. The number of H-pyrrole nitrogens is 4. The molecule has 0 atom stereocenters. The fourth-order valence-corrected chi connectivity index (χ4v) is 15.3. The van der Waals surface area contributed by atoms with Crippen LogP contribution in [0.15, 0.2) is 188 Å². The zero-order valence-corrected chi connectivity index (χ0v) is 71.3. The van der Waals surface area contributed by atoms with E-state index in [9.17, 15) is 4.79 Å². The van der Waals surface area contributed by atoms with Crippen molar-refractivity contribution < 1.29 is 52.5 Å². The molecule has 10 heterocycles. The predicted molar refractivity (Wildman–Crippen MR) is 495 cm³/mol. The number of rotatable bonds is 40. The summed E-state index contributed by atoms with van der Waals surface area (Å²) >= 11 is 0. The molecule has 5 aromatic carbocycles. The number of fused-ring (bicyclic) bond motifs is 16. The lowest BCUT2D eigenvalue weighted by molar-refractivity contribution is -0.0254. The maximum atomic E-state index is 14.3. The first kappa shape index (κ1) is 86.3. The molecule has 4 aliphatic heterocycles. The van der Waals surface area contributed by atoms with Crippen molar-refractivity contribution in [2.24, 2.45) is 0 Å². The Balaban J connectivity index is 0.598. The third kappa shape index (κ3) is 23.8. The Hall–Kier alpha value is -11.6. The van der Waals surface area contributed by atoms with Crippen LogP contribution < -0.4 is 5.32 Å². The van der Waals surface area contributed by atoms with Crippen molar-refractivity contribution in [2.45, 2.75) is 78.1 Å². The molecule has 0 aliphatic carbocycles. The summed E-state index contributed by atoms with van der Waals surface area (Å²) in [6, 6.07) is 67.1. The Morgan fingerprint density at radius 3 is 0.837 bits per heavy atom. The molecule has 11 aromatic rings. The van der Waals surface area contributed by atoms with Crippen LogP contribution in [0.4, 0.5) is 0 Å². The molecule has 0 unspecified atom stereocenters. The Morgan fingerprint density at radius 1 is 0.301 bits per heavy atom. The summed E-state index contributed by atoms with van der Waals surface area (Å²) in [5, 5.41) is 11.9. The molecule has 123 heavy (non-hydrogen) atoms. The van der Waals surface area contributed by atoms with Crippen molar-refractivity contribution in [3.8, 4) is 44.5 Å². The molecule has 1 amide bonds. The number of aryl methyl sites for hydroxylation is 4. The lowest BCUT2D eigenvalue weighted by atomic mass is 9.86. The second kappa shape index (κ2) is 42.0. The standard InChI is InChI=1S/C103H111N9O11/c1-102(2,3)79-23-19-76(20-24-79)99-93-39-31-85(109-93)66-81-27-35-89(105-81)97(90-36-28-82(106-90)67-86-32-40-94(99)110-86)74-15-11-70(12-16-74)7-9-72-63-73(65-78(64-72)101(114)104-43-45-115-47-49-117-51-53-119-55-57-121-59-61-123-62-60-122-58-56-120-54-52-118-50-48-116-46-44-113)10-8-71-13-17-75(18-14-71)98-91-37-29-83(107-91)68-87-33-41-95(111-87)100(77-21-25-80(26-22-77)103(4,5)6)96-42-34-88(112-96)69-84-30-38-92(98)108-84/h11-42,63-69,105,107,110,112-113H,7-10,43-62H2,1-6H3,(H,104,114). The number of aliphatic hydroxyl groups excluding tert-OH is 1. The van der Waals surface area contributed by atoms with Gasteiger partial charge in [0.2, 0.25) is 0 Å². The number of benzene rings is 5. The summed E-state index contributed by atoms with van der Waals surface area (Å²) in [5.74, 6) is -0.157. The van der Waals surface area contributed by atoms with E-state index < -0.39 is 0 Å². The number of amides is 1. The molecule has 15 rings (SSSR count). The van der Waals surface area contributed by atoms with Gasteiger partial charge in [0.25, 0.3) is 5.91 Å². The Bertz CT molecular complexity index is 5600. The van der Waals surface area contributed by atoms with Gasteiger partial charge in [0, 0.05) is 78.5 Å². The second-order valence-electron chi connectivity index (χ2n) is 33.0. The van der Waals surface area contributed by atoms with E-state index in [1.807, 2.05) is 12.1 Å². The average molecular weight is 1650 g/mol. The van der Waals surface area contributed by atoms with Gasteiger partial charge in [-0.25, -0.2) is 19.9 Å². The first-order chi connectivity index (χ1) is 60.0. The maximum absolute atomic E-state index is 14.3. The lowest BCUT2D eigenvalue weighted by Crippen LogP contribution is -2.28. The Morgan fingerprint density at radius 2 is 0.561 bits per heavy atom.